The maximum Gasteiger partial charge on any atom is 0.493 e. The van der Waals surface area contributed by atoms with Gasteiger partial charge in [-0.15, -0.1) is 0 Å². The van der Waals surface area contributed by atoms with Gasteiger partial charge in [0.25, 0.3) is 5.91 Å². The molecular formula is C24H21ClF5N5O3. The van der Waals surface area contributed by atoms with Gasteiger partial charge in [-0.3, -0.25) is 9.89 Å². The number of alkyl halides is 3. The number of anilines is 1. The molecule has 2 aliphatic heterocycles. The molecule has 1 saturated heterocycles. The van der Waals surface area contributed by atoms with Crippen molar-refractivity contribution < 1.29 is 36.4 Å². The molecule has 202 valence electrons. The molecule has 2 aromatic carbocycles. The van der Waals surface area contributed by atoms with E-state index in [1.807, 2.05) is 12.1 Å². The van der Waals surface area contributed by atoms with Gasteiger partial charge >= 0.3 is 12.1 Å². The quantitative estimate of drug-likeness (QED) is 0.454. The third-order valence-electron chi connectivity index (χ3n) is 6.81. The highest BCUT2D eigenvalue weighted by atomic mass is 35.5. The summed E-state index contributed by atoms with van der Waals surface area (Å²) in [6, 6.07) is 6.54. The van der Waals surface area contributed by atoms with E-state index in [2.05, 4.69) is 25.3 Å². The molecule has 0 bridgehead atoms. The van der Waals surface area contributed by atoms with Crippen molar-refractivity contribution in [1.82, 2.24) is 20.4 Å². The molecule has 2 N–H and O–H groups in total. The van der Waals surface area contributed by atoms with E-state index in [-0.39, 0.29) is 0 Å². The Morgan fingerprint density at radius 1 is 1.13 bits per heavy atom. The van der Waals surface area contributed by atoms with Crippen LogP contribution >= 0.6 is 11.6 Å². The zero-order valence-corrected chi connectivity index (χ0v) is 20.4. The number of piperidine rings is 1. The lowest BCUT2D eigenvalue weighted by Gasteiger charge is -2.43. The first kappa shape index (κ1) is 26.2. The lowest BCUT2D eigenvalue weighted by atomic mass is 9.91. The predicted molar refractivity (Wildman–Crippen MR) is 126 cm³/mol. The van der Waals surface area contributed by atoms with Gasteiger partial charge in [0.05, 0.1) is 22.5 Å². The van der Waals surface area contributed by atoms with Gasteiger partial charge in [0.15, 0.2) is 11.6 Å². The van der Waals surface area contributed by atoms with E-state index in [0.29, 0.717) is 61.1 Å². The predicted octanol–water partition coefficient (Wildman–Crippen LogP) is 4.35. The van der Waals surface area contributed by atoms with Gasteiger partial charge in [-0.25, -0.2) is 13.6 Å². The van der Waals surface area contributed by atoms with Gasteiger partial charge in [-0.2, -0.15) is 23.3 Å². The normalized spacial score (nSPS) is 18.9. The third kappa shape index (κ3) is 5.12. The van der Waals surface area contributed by atoms with Crippen LogP contribution in [0.15, 0.2) is 30.3 Å². The van der Waals surface area contributed by atoms with Crippen LogP contribution < -0.4 is 10.4 Å². The summed E-state index contributed by atoms with van der Waals surface area (Å²) in [5.41, 5.74) is 0.808. The molecule has 3 heterocycles. The summed E-state index contributed by atoms with van der Waals surface area (Å²) in [5, 5.41) is 11.9. The molecule has 0 spiro atoms. The van der Waals surface area contributed by atoms with Crippen molar-refractivity contribution >= 4 is 40.1 Å². The van der Waals surface area contributed by atoms with Crippen molar-refractivity contribution in [3.63, 3.8) is 0 Å². The fraction of sp³-hybridized carbons (Fsp3) is 0.375. The Morgan fingerprint density at radius 2 is 1.84 bits per heavy atom. The Labute approximate surface area is 217 Å². The van der Waals surface area contributed by atoms with Crippen molar-refractivity contribution in [2.24, 2.45) is 5.92 Å². The number of nitrogens with zero attached hydrogens (tertiary/aromatic N) is 3. The van der Waals surface area contributed by atoms with E-state index in [9.17, 15) is 31.5 Å². The first-order valence-electron chi connectivity index (χ1n) is 11.7. The molecule has 3 aromatic rings. The number of amides is 1. The average molecular weight is 558 g/mol. The number of likely N-dealkylation sites (tertiary alicyclic amines) is 1. The van der Waals surface area contributed by atoms with Gasteiger partial charge in [0, 0.05) is 35.4 Å². The van der Waals surface area contributed by atoms with Crippen LogP contribution in [-0.2, 0) is 16.1 Å². The number of hydrogen-bond acceptors (Lipinski definition) is 6. The Morgan fingerprint density at radius 3 is 2.55 bits per heavy atom. The number of carbonyl (C=O) groups is 2. The number of fused-ring (bicyclic) bond motifs is 2. The maximum atomic E-state index is 14.0. The van der Waals surface area contributed by atoms with Crippen molar-refractivity contribution in [3.8, 4) is 0 Å². The zero-order valence-electron chi connectivity index (χ0n) is 19.6. The summed E-state index contributed by atoms with van der Waals surface area (Å²) in [4.78, 5) is 31.0. The minimum atomic E-state index is -5.34. The van der Waals surface area contributed by atoms with Crippen LogP contribution in [0.5, 0.6) is 0 Å². The number of aromatic amines is 1. The molecule has 2 aliphatic rings. The highest BCUT2D eigenvalue weighted by Crippen LogP contribution is 2.35. The van der Waals surface area contributed by atoms with Crippen LogP contribution in [0.3, 0.4) is 0 Å². The molecule has 8 nitrogen and oxygen atoms in total. The lowest BCUT2D eigenvalue weighted by molar-refractivity contribution is -0.203. The van der Waals surface area contributed by atoms with Crippen LogP contribution in [0, 0.1) is 17.6 Å². The summed E-state index contributed by atoms with van der Waals surface area (Å²) in [6.45, 7) is 1.72. The van der Waals surface area contributed by atoms with Gasteiger partial charge < -0.3 is 15.1 Å². The lowest BCUT2D eigenvalue weighted by Crippen LogP contribution is -2.59. The van der Waals surface area contributed by atoms with Crippen LogP contribution in [-0.4, -0.2) is 59.0 Å². The largest absolute Gasteiger partial charge is 0.493 e. The van der Waals surface area contributed by atoms with Gasteiger partial charge in [0.1, 0.15) is 6.17 Å². The van der Waals surface area contributed by atoms with Crippen molar-refractivity contribution in [2.45, 2.75) is 31.6 Å². The smallest absolute Gasteiger partial charge is 0.330 e. The number of H-pyrrole nitrogens is 1. The molecular weight excluding hydrogens is 537 g/mol. The molecule has 0 aliphatic carbocycles. The number of carbonyl (C=O) groups excluding carboxylic acids is 2. The second-order valence-corrected chi connectivity index (χ2v) is 9.63. The van der Waals surface area contributed by atoms with Crippen LogP contribution in [0.25, 0.3) is 10.9 Å². The van der Waals surface area contributed by atoms with Crippen LogP contribution in [0.1, 0.15) is 28.9 Å². The Kier molecular flexibility index (Phi) is 6.90. The monoisotopic (exact) mass is 557 g/mol. The molecule has 5 rings (SSSR count). The van der Waals surface area contributed by atoms with Crippen LogP contribution in [0.2, 0.25) is 5.02 Å². The SMILES string of the molecule is O=C1NC(C2CCN(CCc3n[nH]c4ccc(Cl)cc34)CC2)N(OC(=O)C(F)(F)F)c2cc(F)c(F)cc21. The molecule has 1 unspecified atom stereocenters. The highest BCUT2D eigenvalue weighted by molar-refractivity contribution is 6.31. The summed E-state index contributed by atoms with van der Waals surface area (Å²) < 4.78 is 66.7. The van der Waals surface area contributed by atoms with Crippen molar-refractivity contribution in [1.29, 1.82) is 0 Å². The van der Waals surface area contributed by atoms with Gasteiger partial charge in [-0.05, 0) is 50.2 Å². The average Bonchev–Trinajstić information content (AvgIpc) is 3.27. The van der Waals surface area contributed by atoms with Crippen molar-refractivity contribution in [3.05, 3.63) is 58.2 Å². The fourth-order valence-corrected chi connectivity index (χ4v) is 5.04. The van der Waals surface area contributed by atoms with Gasteiger partial charge in [0.2, 0.25) is 0 Å². The molecule has 38 heavy (non-hydrogen) atoms. The first-order valence-corrected chi connectivity index (χ1v) is 12.1. The molecule has 14 heteroatoms. The number of hydrogen-bond donors (Lipinski definition) is 2. The first-order chi connectivity index (χ1) is 18.0. The van der Waals surface area contributed by atoms with E-state index in [1.165, 1.54) is 0 Å². The molecule has 1 atom stereocenters. The number of hydroxylamine groups is 1. The maximum absolute atomic E-state index is 14.0. The van der Waals surface area contributed by atoms with E-state index in [1.54, 1.807) is 6.07 Å². The number of aromatic nitrogens is 2. The highest BCUT2D eigenvalue weighted by Gasteiger charge is 2.47. The molecule has 1 fully saturated rings. The Balaban J connectivity index is 1.30. The molecule has 0 radical (unpaired) electrons. The fourth-order valence-electron chi connectivity index (χ4n) is 4.86. The number of halogens is 6. The number of benzene rings is 2. The standard InChI is InChI=1S/C24H21ClF5N5O3/c25-13-1-2-18-14(9-13)19(33-32-18)5-8-34-6-3-12(4-7-34)21-31-22(36)15-10-16(26)17(27)11-20(15)35(21)38-23(37)24(28,29)30/h1-2,9-12,21H,3-8H2,(H,31,36)(H,32,33). The number of rotatable bonds is 5. The Hall–Kier alpha value is -3.45. The topological polar surface area (TPSA) is 90.6 Å². The van der Waals surface area contributed by atoms with E-state index in [0.717, 1.165) is 16.6 Å². The minimum absolute atomic E-state index is 0.428. The molecule has 1 amide bonds. The second kappa shape index (κ2) is 10.0. The minimum Gasteiger partial charge on any atom is -0.330 e. The zero-order chi connectivity index (χ0) is 27.2. The van der Waals surface area contributed by atoms with E-state index < -0.39 is 53.0 Å². The van der Waals surface area contributed by atoms with E-state index in [4.69, 9.17) is 11.6 Å². The summed E-state index contributed by atoms with van der Waals surface area (Å²) in [7, 11) is 0. The Bertz CT molecular complexity index is 1390. The second-order valence-electron chi connectivity index (χ2n) is 9.19. The third-order valence-corrected chi connectivity index (χ3v) is 7.05. The van der Waals surface area contributed by atoms with E-state index >= 15 is 0 Å². The molecule has 0 saturated carbocycles. The van der Waals surface area contributed by atoms with Crippen LogP contribution in [0.4, 0.5) is 27.6 Å². The summed E-state index contributed by atoms with van der Waals surface area (Å²) >= 11 is 6.09. The van der Waals surface area contributed by atoms with Crippen molar-refractivity contribution in [2.75, 3.05) is 24.7 Å². The summed E-state index contributed by atoms with van der Waals surface area (Å²) in [5.74, 6) is -6.55. The molecule has 1 aromatic heterocycles. The number of nitrogens with one attached hydrogen (secondary N) is 2. The van der Waals surface area contributed by atoms with Gasteiger partial charge in [-0.1, -0.05) is 11.6 Å². The summed E-state index contributed by atoms with van der Waals surface area (Å²) in [6.07, 6.45) is -5.06.